The number of fused-ring (bicyclic) bond motifs is 6. The van der Waals surface area contributed by atoms with Crippen LogP contribution < -0.4 is 0 Å². The van der Waals surface area contributed by atoms with E-state index in [2.05, 4.69) is 18.2 Å². The first kappa shape index (κ1) is 36.0. The molecular formula is C52H28F3N5. The van der Waals surface area contributed by atoms with Gasteiger partial charge in [0.05, 0.1) is 68.3 Å². The summed E-state index contributed by atoms with van der Waals surface area (Å²) in [5.41, 5.74) is 7.04. The van der Waals surface area contributed by atoms with Crippen molar-refractivity contribution in [2.45, 2.75) is 6.18 Å². The summed E-state index contributed by atoms with van der Waals surface area (Å²) < 4.78 is 52.9. The van der Waals surface area contributed by atoms with Crippen LogP contribution in [0.5, 0.6) is 0 Å². The highest BCUT2D eigenvalue weighted by molar-refractivity contribution is 6.13. The lowest BCUT2D eigenvalue weighted by atomic mass is 9.96. The van der Waals surface area contributed by atoms with E-state index in [1.165, 1.54) is 6.07 Å². The van der Waals surface area contributed by atoms with Gasteiger partial charge in [-0.25, -0.2) is 0 Å². The van der Waals surface area contributed by atoms with Crippen LogP contribution in [0.3, 0.4) is 0 Å². The Hall–Kier alpha value is -8.38. The molecule has 2 aromatic heterocycles. The molecule has 282 valence electrons. The molecule has 8 aromatic carbocycles. The van der Waals surface area contributed by atoms with E-state index in [0.717, 1.165) is 43.8 Å². The lowest BCUT2D eigenvalue weighted by Crippen LogP contribution is -2.16. The quantitative estimate of drug-likeness (QED) is 0.174. The van der Waals surface area contributed by atoms with Crippen molar-refractivity contribution in [2.24, 2.45) is 0 Å². The number of halogens is 3. The number of rotatable bonds is 5. The van der Waals surface area contributed by atoms with Crippen molar-refractivity contribution >= 4 is 43.6 Å². The predicted molar refractivity (Wildman–Crippen MR) is 231 cm³/mol. The molecule has 0 N–H and O–H groups in total. The van der Waals surface area contributed by atoms with E-state index < -0.39 is 11.7 Å². The van der Waals surface area contributed by atoms with Crippen molar-refractivity contribution in [3.63, 3.8) is 0 Å². The molecule has 0 aliphatic heterocycles. The Balaban J connectivity index is 1.31. The van der Waals surface area contributed by atoms with Crippen LogP contribution in [0.2, 0.25) is 0 Å². The monoisotopic (exact) mass is 779 g/mol. The number of para-hydroxylation sites is 2. The largest absolute Gasteiger partial charge is 0.420 e. The van der Waals surface area contributed by atoms with Crippen LogP contribution in [0.1, 0.15) is 22.3 Å². The minimum absolute atomic E-state index is 0.0462. The fraction of sp³-hybridized carbons (Fsp3) is 0.0192. The number of alkyl halides is 3. The lowest BCUT2D eigenvalue weighted by Gasteiger charge is -2.24. The summed E-state index contributed by atoms with van der Waals surface area (Å²) in [7, 11) is 0. The summed E-state index contributed by atoms with van der Waals surface area (Å²) in [6.07, 6.45) is -4.87. The molecule has 0 bridgehead atoms. The minimum Gasteiger partial charge on any atom is -0.309 e. The van der Waals surface area contributed by atoms with E-state index in [1.807, 2.05) is 109 Å². The second kappa shape index (κ2) is 13.9. The average molecular weight is 780 g/mol. The SMILES string of the molecule is N#Cc1ccc(-c2ccc3c(c2)c2ccccc2n3-c2ccc(-c3cccc(C#N)c3)c(-n3c4ccccc4c4cc(-c5ccc(C#N)cc5)ccc43)c2C(F)(F)F)cc1. The van der Waals surface area contributed by atoms with Crippen molar-refractivity contribution in [1.82, 2.24) is 9.13 Å². The van der Waals surface area contributed by atoms with E-state index in [9.17, 15) is 15.8 Å². The molecule has 0 spiro atoms. The first-order chi connectivity index (χ1) is 29.2. The molecule has 0 aliphatic carbocycles. The Bertz CT molecular complexity index is 3500. The van der Waals surface area contributed by atoms with Crippen LogP contribution in [0, 0.1) is 34.0 Å². The Kier molecular flexibility index (Phi) is 8.35. The number of hydrogen-bond acceptors (Lipinski definition) is 3. The number of nitriles is 3. The smallest absolute Gasteiger partial charge is 0.309 e. The highest BCUT2D eigenvalue weighted by Crippen LogP contribution is 2.48. The molecule has 0 fully saturated rings. The van der Waals surface area contributed by atoms with E-state index in [-0.39, 0.29) is 11.4 Å². The summed E-state index contributed by atoms with van der Waals surface area (Å²) in [5.74, 6) is 0. The Morgan fingerprint density at radius 2 is 0.867 bits per heavy atom. The number of nitrogens with zero attached hydrogens (tertiary/aromatic N) is 5. The molecule has 60 heavy (non-hydrogen) atoms. The van der Waals surface area contributed by atoms with Gasteiger partial charge in [0.1, 0.15) is 5.56 Å². The Morgan fingerprint density at radius 3 is 1.40 bits per heavy atom. The molecule has 0 unspecified atom stereocenters. The molecule has 10 rings (SSSR count). The van der Waals surface area contributed by atoms with Crippen LogP contribution in [-0.2, 0) is 6.18 Å². The van der Waals surface area contributed by atoms with Gasteiger partial charge in [-0.05, 0) is 107 Å². The summed E-state index contributed by atoms with van der Waals surface area (Å²) in [6.45, 7) is 0. The van der Waals surface area contributed by atoms with Gasteiger partial charge >= 0.3 is 6.18 Å². The van der Waals surface area contributed by atoms with Crippen molar-refractivity contribution < 1.29 is 13.2 Å². The fourth-order valence-electron chi connectivity index (χ4n) is 8.55. The third-order valence-electron chi connectivity index (χ3n) is 11.2. The Morgan fingerprint density at radius 1 is 0.383 bits per heavy atom. The van der Waals surface area contributed by atoms with Crippen molar-refractivity contribution in [3.05, 3.63) is 192 Å². The van der Waals surface area contributed by atoms with Gasteiger partial charge in [-0.3, -0.25) is 0 Å². The van der Waals surface area contributed by atoms with Crippen LogP contribution in [0.25, 0.3) is 88.4 Å². The average Bonchev–Trinajstić information content (AvgIpc) is 3.80. The van der Waals surface area contributed by atoms with E-state index in [0.29, 0.717) is 49.9 Å². The predicted octanol–water partition coefficient (Wildman–Crippen LogP) is 13.5. The van der Waals surface area contributed by atoms with E-state index in [1.54, 1.807) is 63.7 Å². The van der Waals surface area contributed by atoms with Crippen LogP contribution in [0.15, 0.2) is 170 Å². The van der Waals surface area contributed by atoms with Gasteiger partial charge in [-0.2, -0.15) is 29.0 Å². The van der Waals surface area contributed by atoms with Gasteiger partial charge in [0.15, 0.2) is 0 Å². The number of hydrogen-bond donors (Lipinski definition) is 0. The number of benzene rings is 8. The summed E-state index contributed by atoms with van der Waals surface area (Å²) in [4.78, 5) is 0. The fourth-order valence-corrected chi connectivity index (χ4v) is 8.55. The standard InChI is InChI=1S/C52H28F3N5/c53-52(54,55)50-49(59-45-10-3-1-8-41(45)43-27-37(20-23-47(43)59)35-16-12-32(29-56)13-17-35)25-22-40(39-7-5-6-34(26-39)31-58)51(50)60-46-11-4-2-9-42(46)44-28-38(21-24-48(44)60)36-18-14-33(30-57)15-19-36/h1-28H. The van der Waals surface area contributed by atoms with Gasteiger partial charge in [0.25, 0.3) is 0 Å². The lowest BCUT2D eigenvalue weighted by molar-refractivity contribution is -0.137. The zero-order valence-corrected chi connectivity index (χ0v) is 31.5. The molecule has 5 nitrogen and oxygen atoms in total. The van der Waals surface area contributed by atoms with Gasteiger partial charge in [-0.1, -0.05) is 91.0 Å². The van der Waals surface area contributed by atoms with Crippen LogP contribution in [0.4, 0.5) is 13.2 Å². The van der Waals surface area contributed by atoms with Crippen LogP contribution >= 0.6 is 0 Å². The molecule has 0 atom stereocenters. The maximum absolute atomic E-state index is 16.5. The normalized spacial score (nSPS) is 11.5. The second-order valence-corrected chi connectivity index (χ2v) is 14.6. The molecule has 0 saturated heterocycles. The molecule has 0 aliphatic rings. The first-order valence-electron chi connectivity index (χ1n) is 19.1. The number of aromatic nitrogens is 2. The maximum Gasteiger partial charge on any atom is 0.420 e. The van der Waals surface area contributed by atoms with Gasteiger partial charge in [-0.15, -0.1) is 0 Å². The molecule has 2 heterocycles. The molecule has 0 amide bonds. The first-order valence-corrected chi connectivity index (χ1v) is 19.1. The van der Waals surface area contributed by atoms with Crippen molar-refractivity contribution in [1.29, 1.82) is 15.8 Å². The Labute approximate surface area is 341 Å². The second-order valence-electron chi connectivity index (χ2n) is 14.6. The summed E-state index contributed by atoms with van der Waals surface area (Å²) >= 11 is 0. The van der Waals surface area contributed by atoms with Crippen molar-refractivity contribution in [2.75, 3.05) is 0 Å². The topological polar surface area (TPSA) is 81.2 Å². The maximum atomic E-state index is 16.5. The van der Waals surface area contributed by atoms with E-state index >= 15 is 13.2 Å². The minimum atomic E-state index is -4.87. The van der Waals surface area contributed by atoms with Gasteiger partial charge in [0.2, 0.25) is 0 Å². The molecule has 0 saturated carbocycles. The zero-order valence-electron chi connectivity index (χ0n) is 31.5. The molecule has 8 heteroatoms. The highest BCUT2D eigenvalue weighted by Gasteiger charge is 2.40. The third kappa shape index (κ3) is 5.77. The molecular weight excluding hydrogens is 752 g/mol. The third-order valence-corrected chi connectivity index (χ3v) is 11.2. The van der Waals surface area contributed by atoms with Gasteiger partial charge in [0, 0.05) is 27.1 Å². The molecule has 10 aromatic rings. The van der Waals surface area contributed by atoms with Crippen LogP contribution in [-0.4, -0.2) is 9.13 Å². The zero-order chi connectivity index (χ0) is 41.1. The van der Waals surface area contributed by atoms with Crippen molar-refractivity contribution in [3.8, 4) is 63.0 Å². The van der Waals surface area contributed by atoms with E-state index in [4.69, 9.17) is 0 Å². The summed E-state index contributed by atoms with van der Waals surface area (Å²) in [5, 5.41) is 31.7. The highest BCUT2D eigenvalue weighted by atomic mass is 19.4. The summed E-state index contributed by atoms with van der Waals surface area (Å²) in [6, 6.07) is 57.3. The molecule has 0 radical (unpaired) electrons. The van der Waals surface area contributed by atoms with Gasteiger partial charge < -0.3 is 9.13 Å².